The molecule has 1 heterocycles. The van der Waals surface area contributed by atoms with Gasteiger partial charge in [0.2, 0.25) is 0 Å². The van der Waals surface area contributed by atoms with Crippen LogP contribution >= 0.6 is 0 Å². The number of nitrogens with two attached hydrogens (primary N) is 1. The number of carbonyl (C=O) groups is 1. The molecule has 2 rings (SSSR count). The van der Waals surface area contributed by atoms with Crippen molar-refractivity contribution < 1.29 is 14.3 Å². The highest BCUT2D eigenvalue weighted by Gasteiger charge is 2.24. The Hall–Kier alpha value is -1.55. The number of carbonyl (C=O) groups excluding carboxylic acids is 1. The summed E-state index contributed by atoms with van der Waals surface area (Å²) in [6, 6.07) is 6.06. The smallest absolute Gasteiger partial charge is 0.306 e. The normalized spacial score (nSPS) is 16.4. The van der Waals surface area contributed by atoms with Gasteiger partial charge in [0.05, 0.1) is 20.1 Å². The van der Waals surface area contributed by atoms with Crippen LogP contribution in [0.25, 0.3) is 0 Å². The van der Waals surface area contributed by atoms with Crippen LogP contribution in [-0.4, -0.2) is 25.7 Å². The minimum atomic E-state index is -0.217. The van der Waals surface area contributed by atoms with Crippen LogP contribution in [0.5, 0.6) is 5.75 Å². The standard InChI is InChI=1S/C15H21NO3/c1-3-13(16)12(9-15(17)18-2)10-4-5-14-11(8-10)6-7-19-14/h4-5,8,12-13H,3,6-7,9,16H2,1-2H3. The molecule has 0 fully saturated rings. The van der Waals surface area contributed by atoms with Crippen LogP contribution in [0.15, 0.2) is 18.2 Å². The Bertz CT molecular complexity index is 459. The van der Waals surface area contributed by atoms with Gasteiger partial charge in [-0.05, 0) is 23.6 Å². The Balaban J connectivity index is 2.24. The molecule has 4 nitrogen and oxygen atoms in total. The molecule has 19 heavy (non-hydrogen) atoms. The first-order valence-corrected chi connectivity index (χ1v) is 6.73. The maximum atomic E-state index is 11.5. The Kier molecular flexibility index (Phi) is 4.43. The lowest BCUT2D eigenvalue weighted by molar-refractivity contribution is -0.141. The van der Waals surface area contributed by atoms with Gasteiger partial charge in [0.15, 0.2) is 0 Å². The van der Waals surface area contributed by atoms with E-state index in [1.807, 2.05) is 19.1 Å². The highest BCUT2D eigenvalue weighted by atomic mass is 16.5. The molecule has 0 saturated heterocycles. The Morgan fingerprint density at radius 1 is 1.53 bits per heavy atom. The van der Waals surface area contributed by atoms with Gasteiger partial charge in [0, 0.05) is 18.4 Å². The lowest BCUT2D eigenvalue weighted by Crippen LogP contribution is -2.29. The van der Waals surface area contributed by atoms with E-state index < -0.39 is 0 Å². The fourth-order valence-electron chi connectivity index (χ4n) is 2.50. The molecular formula is C15H21NO3. The van der Waals surface area contributed by atoms with Gasteiger partial charge >= 0.3 is 5.97 Å². The first-order valence-electron chi connectivity index (χ1n) is 6.73. The fourth-order valence-corrected chi connectivity index (χ4v) is 2.50. The van der Waals surface area contributed by atoms with Crippen molar-refractivity contribution in [3.63, 3.8) is 0 Å². The van der Waals surface area contributed by atoms with E-state index in [-0.39, 0.29) is 17.9 Å². The number of fused-ring (bicyclic) bond motifs is 1. The summed E-state index contributed by atoms with van der Waals surface area (Å²) in [4.78, 5) is 11.5. The van der Waals surface area contributed by atoms with Crippen LogP contribution < -0.4 is 10.5 Å². The number of ether oxygens (including phenoxy) is 2. The predicted molar refractivity (Wildman–Crippen MR) is 73.3 cm³/mol. The summed E-state index contributed by atoms with van der Waals surface area (Å²) < 4.78 is 10.3. The van der Waals surface area contributed by atoms with Crippen LogP contribution in [0, 0.1) is 0 Å². The minimum absolute atomic E-state index is 0.00310. The zero-order valence-corrected chi connectivity index (χ0v) is 11.5. The second kappa shape index (κ2) is 6.06. The number of hydrogen-bond acceptors (Lipinski definition) is 4. The lowest BCUT2D eigenvalue weighted by Gasteiger charge is -2.22. The lowest BCUT2D eigenvalue weighted by atomic mass is 9.86. The number of rotatable bonds is 5. The van der Waals surface area contributed by atoms with Crippen molar-refractivity contribution in [3.05, 3.63) is 29.3 Å². The maximum Gasteiger partial charge on any atom is 0.306 e. The zero-order valence-electron chi connectivity index (χ0n) is 11.5. The van der Waals surface area contributed by atoms with Crippen LogP contribution in [0.4, 0.5) is 0 Å². The number of methoxy groups -OCH3 is 1. The highest BCUT2D eigenvalue weighted by Crippen LogP contribution is 2.32. The first-order chi connectivity index (χ1) is 9.15. The maximum absolute atomic E-state index is 11.5. The van der Waals surface area contributed by atoms with E-state index in [1.165, 1.54) is 12.7 Å². The molecule has 2 unspecified atom stereocenters. The fraction of sp³-hybridized carbons (Fsp3) is 0.533. The van der Waals surface area contributed by atoms with E-state index in [4.69, 9.17) is 15.2 Å². The third-order valence-electron chi connectivity index (χ3n) is 3.74. The minimum Gasteiger partial charge on any atom is -0.493 e. The van der Waals surface area contributed by atoms with E-state index in [2.05, 4.69) is 6.07 Å². The summed E-state index contributed by atoms with van der Waals surface area (Å²) in [5.74, 6) is 0.736. The number of benzene rings is 1. The van der Waals surface area contributed by atoms with Crippen molar-refractivity contribution in [2.45, 2.75) is 38.1 Å². The van der Waals surface area contributed by atoms with Crippen LogP contribution in [0.1, 0.15) is 36.8 Å². The quantitative estimate of drug-likeness (QED) is 0.825. The van der Waals surface area contributed by atoms with Gasteiger partial charge in [-0.3, -0.25) is 4.79 Å². The summed E-state index contributed by atoms with van der Waals surface area (Å²) in [6.45, 7) is 2.77. The van der Waals surface area contributed by atoms with Gasteiger partial charge < -0.3 is 15.2 Å². The van der Waals surface area contributed by atoms with Crippen LogP contribution in [0.3, 0.4) is 0 Å². The molecule has 1 aliphatic heterocycles. The van der Waals surface area contributed by atoms with Gasteiger partial charge in [0.25, 0.3) is 0 Å². The average Bonchev–Trinajstić information content (AvgIpc) is 2.90. The molecule has 4 heteroatoms. The molecule has 0 bridgehead atoms. The van der Waals surface area contributed by atoms with Gasteiger partial charge in [-0.15, -0.1) is 0 Å². The molecular weight excluding hydrogens is 242 g/mol. The van der Waals surface area contributed by atoms with Crippen molar-refractivity contribution in [3.8, 4) is 5.75 Å². The molecule has 104 valence electrons. The molecule has 2 N–H and O–H groups in total. The van der Waals surface area contributed by atoms with Gasteiger partial charge in [-0.2, -0.15) is 0 Å². The predicted octanol–water partition coefficient (Wildman–Crippen LogP) is 2.01. The third kappa shape index (κ3) is 3.07. The molecule has 0 spiro atoms. The Labute approximate surface area is 113 Å². The molecule has 2 atom stereocenters. The second-order valence-electron chi connectivity index (χ2n) is 4.92. The monoisotopic (exact) mass is 263 g/mol. The molecule has 1 aromatic carbocycles. The van der Waals surface area contributed by atoms with Crippen molar-refractivity contribution in [1.82, 2.24) is 0 Å². The van der Waals surface area contributed by atoms with E-state index in [9.17, 15) is 4.79 Å². The summed E-state index contributed by atoms with van der Waals surface area (Å²) in [5.41, 5.74) is 8.46. The third-order valence-corrected chi connectivity index (χ3v) is 3.74. The molecule has 0 saturated carbocycles. The Morgan fingerprint density at radius 3 is 3.00 bits per heavy atom. The van der Waals surface area contributed by atoms with Gasteiger partial charge in [-0.25, -0.2) is 0 Å². The summed E-state index contributed by atoms with van der Waals surface area (Å²) in [6.07, 6.45) is 2.08. The second-order valence-corrected chi connectivity index (χ2v) is 4.92. The summed E-state index contributed by atoms with van der Waals surface area (Å²) in [5, 5.41) is 0. The summed E-state index contributed by atoms with van der Waals surface area (Å²) in [7, 11) is 1.41. The summed E-state index contributed by atoms with van der Waals surface area (Å²) >= 11 is 0. The van der Waals surface area contributed by atoms with E-state index in [0.717, 1.165) is 30.8 Å². The molecule has 0 aliphatic carbocycles. The van der Waals surface area contributed by atoms with Crippen molar-refractivity contribution in [2.75, 3.05) is 13.7 Å². The van der Waals surface area contributed by atoms with Crippen LogP contribution in [-0.2, 0) is 16.0 Å². The first kappa shape index (κ1) is 13.9. The molecule has 1 aromatic rings. The topological polar surface area (TPSA) is 61.6 Å². The molecule has 0 radical (unpaired) electrons. The molecule has 0 aromatic heterocycles. The number of hydrogen-bond donors (Lipinski definition) is 1. The molecule has 1 aliphatic rings. The van der Waals surface area contributed by atoms with Gasteiger partial charge in [0.1, 0.15) is 5.75 Å². The number of esters is 1. The van der Waals surface area contributed by atoms with Crippen molar-refractivity contribution >= 4 is 5.97 Å². The SMILES string of the molecule is CCC(N)C(CC(=O)OC)c1ccc2c(c1)CCO2. The van der Waals surface area contributed by atoms with Crippen LogP contribution in [0.2, 0.25) is 0 Å². The van der Waals surface area contributed by atoms with Crippen molar-refractivity contribution in [2.24, 2.45) is 5.73 Å². The zero-order chi connectivity index (χ0) is 13.8. The average molecular weight is 263 g/mol. The highest BCUT2D eigenvalue weighted by molar-refractivity contribution is 5.70. The van der Waals surface area contributed by atoms with Crippen molar-refractivity contribution in [1.29, 1.82) is 0 Å². The van der Waals surface area contributed by atoms with Gasteiger partial charge in [-0.1, -0.05) is 19.1 Å². The Morgan fingerprint density at radius 2 is 2.32 bits per heavy atom. The van der Waals surface area contributed by atoms with E-state index in [0.29, 0.717) is 6.42 Å². The largest absolute Gasteiger partial charge is 0.493 e. The van der Waals surface area contributed by atoms with E-state index >= 15 is 0 Å². The van der Waals surface area contributed by atoms with E-state index in [1.54, 1.807) is 0 Å². The molecule has 0 amide bonds.